The van der Waals surface area contributed by atoms with Crippen LogP contribution in [0.1, 0.15) is 59.3 Å². The highest BCUT2D eigenvalue weighted by Gasteiger charge is 2.27. The molecule has 0 radical (unpaired) electrons. The lowest BCUT2D eigenvalue weighted by molar-refractivity contribution is 0.0162. The van der Waals surface area contributed by atoms with Crippen molar-refractivity contribution >= 4 is 12.1 Å². The van der Waals surface area contributed by atoms with E-state index in [1.54, 1.807) is 7.11 Å². The van der Waals surface area contributed by atoms with Gasteiger partial charge in [0.2, 0.25) is 0 Å². The quantitative estimate of drug-likeness (QED) is 0.344. The number of likely N-dealkylation sites (tertiary alicyclic amines) is 2. The van der Waals surface area contributed by atoms with Crippen LogP contribution in [0.15, 0.2) is 4.99 Å². The molecule has 1 amide bonds. The molecule has 0 spiro atoms. The maximum atomic E-state index is 12.4. The number of carbonyl (C=O) groups is 1. The molecule has 2 N–H and O–H groups in total. The van der Waals surface area contributed by atoms with Gasteiger partial charge in [-0.3, -0.25) is 4.99 Å². The SMILES string of the molecule is CN=C(NCCC1CCCN(C(=O)OC(C)(C)C)C1)NC1CCN(CCCOC)CC1. The van der Waals surface area contributed by atoms with Crippen molar-refractivity contribution in [1.82, 2.24) is 20.4 Å². The Morgan fingerprint density at radius 3 is 2.55 bits per heavy atom. The lowest BCUT2D eigenvalue weighted by Gasteiger charge is -2.34. The molecular weight excluding hydrogens is 394 g/mol. The molecular formula is C23H45N5O3. The predicted octanol–water partition coefficient (Wildman–Crippen LogP) is 2.69. The van der Waals surface area contributed by atoms with Gasteiger partial charge in [0.1, 0.15) is 5.60 Å². The van der Waals surface area contributed by atoms with Gasteiger partial charge in [-0.05, 0) is 65.2 Å². The second-order valence-electron chi connectivity index (χ2n) is 9.83. The average Bonchev–Trinajstić information content (AvgIpc) is 2.73. The zero-order chi connectivity index (χ0) is 22.7. The number of guanidine groups is 1. The zero-order valence-electron chi connectivity index (χ0n) is 20.4. The fraction of sp³-hybridized carbons (Fsp3) is 0.913. The first-order valence-corrected chi connectivity index (χ1v) is 12.0. The van der Waals surface area contributed by atoms with Gasteiger partial charge in [0.25, 0.3) is 0 Å². The number of aliphatic imine (C=N–C) groups is 1. The highest BCUT2D eigenvalue weighted by molar-refractivity contribution is 5.79. The van der Waals surface area contributed by atoms with Crippen LogP contribution in [-0.2, 0) is 9.47 Å². The van der Waals surface area contributed by atoms with E-state index in [9.17, 15) is 4.79 Å². The predicted molar refractivity (Wildman–Crippen MR) is 126 cm³/mol. The van der Waals surface area contributed by atoms with Crippen LogP contribution in [-0.4, -0.2) is 93.5 Å². The normalized spacial score (nSPS) is 21.8. The minimum absolute atomic E-state index is 0.184. The van der Waals surface area contributed by atoms with Crippen LogP contribution in [0.5, 0.6) is 0 Å². The molecule has 1 atom stereocenters. The number of ether oxygens (including phenoxy) is 2. The molecule has 8 heteroatoms. The summed E-state index contributed by atoms with van der Waals surface area (Å²) in [5.41, 5.74) is -0.441. The third-order valence-electron chi connectivity index (χ3n) is 5.99. The molecule has 180 valence electrons. The molecule has 2 aliphatic heterocycles. The van der Waals surface area contributed by atoms with Crippen molar-refractivity contribution in [3.63, 3.8) is 0 Å². The third kappa shape index (κ3) is 10.1. The Hall–Kier alpha value is -1.54. The summed E-state index contributed by atoms with van der Waals surface area (Å²) in [6.07, 6.45) is 6.43. The molecule has 0 aliphatic carbocycles. The van der Waals surface area contributed by atoms with E-state index in [1.165, 1.54) is 0 Å². The summed E-state index contributed by atoms with van der Waals surface area (Å²) in [6.45, 7) is 12.4. The lowest BCUT2D eigenvalue weighted by atomic mass is 9.95. The standard InChI is InChI=1S/C23H45N5O3/c1-23(2,3)31-22(29)28-14-6-8-19(18-28)9-12-25-21(24-4)26-20-10-15-27(16-11-20)13-7-17-30-5/h19-20H,6-18H2,1-5H3,(H2,24,25,26). The number of hydrogen-bond donors (Lipinski definition) is 2. The van der Waals surface area contributed by atoms with Crippen LogP contribution in [0.2, 0.25) is 0 Å². The molecule has 2 aliphatic rings. The zero-order valence-corrected chi connectivity index (χ0v) is 20.4. The van der Waals surface area contributed by atoms with Gasteiger partial charge in [0.15, 0.2) is 5.96 Å². The molecule has 2 heterocycles. The summed E-state index contributed by atoms with van der Waals surface area (Å²) in [4.78, 5) is 21.2. The van der Waals surface area contributed by atoms with Crippen molar-refractivity contribution < 1.29 is 14.3 Å². The van der Waals surface area contributed by atoms with Crippen LogP contribution in [0.25, 0.3) is 0 Å². The lowest BCUT2D eigenvalue weighted by Crippen LogP contribution is -2.49. The topological polar surface area (TPSA) is 78.4 Å². The van der Waals surface area contributed by atoms with E-state index < -0.39 is 5.60 Å². The summed E-state index contributed by atoms with van der Waals surface area (Å²) in [5, 5.41) is 7.06. The van der Waals surface area contributed by atoms with Gasteiger partial charge in [-0.15, -0.1) is 0 Å². The van der Waals surface area contributed by atoms with E-state index in [2.05, 4.69) is 20.5 Å². The molecule has 0 saturated carbocycles. The molecule has 2 rings (SSSR count). The minimum atomic E-state index is -0.441. The molecule has 2 fully saturated rings. The van der Waals surface area contributed by atoms with Gasteiger partial charge in [-0.1, -0.05) is 0 Å². The number of nitrogens with zero attached hydrogens (tertiary/aromatic N) is 3. The van der Waals surface area contributed by atoms with Crippen LogP contribution < -0.4 is 10.6 Å². The van der Waals surface area contributed by atoms with Crippen molar-refractivity contribution in [1.29, 1.82) is 0 Å². The van der Waals surface area contributed by atoms with Crippen molar-refractivity contribution in [2.75, 3.05) is 60.0 Å². The molecule has 0 aromatic carbocycles. The minimum Gasteiger partial charge on any atom is -0.444 e. The van der Waals surface area contributed by atoms with E-state index in [1.807, 2.05) is 32.7 Å². The van der Waals surface area contributed by atoms with E-state index in [4.69, 9.17) is 9.47 Å². The van der Waals surface area contributed by atoms with Crippen molar-refractivity contribution in [2.45, 2.75) is 70.9 Å². The first kappa shape index (κ1) is 25.7. The van der Waals surface area contributed by atoms with Crippen LogP contribution >= 0.6 is 0 Å². The summed E-state index contributed by atoms with van der Waals surface area (Å²) in [6, 6.07) is 0.474. The second kappa shape index (κ2) is 13.1. The smallest absolute Gasteiger partial charge is 0.410 e. The van der Waals surface area contributed by atoms with Gasteiger partial charge in [0.05, 0.1) is 0 Å². The summed E-state index contributed by atoms with van der Waals surface area (Å²) in [5.74, 6) is 1.39. The molecule has 0 bridgehead atoms. The molecule has 1 unspecified atom stereocenters. The van der Waals surface area contributed by atoms with Crippen molar-refractivity contribution in [3.05, 3.63) is 0 Å². The Morgan fingerprint density at radius 1 is 1.16 bits per heavy atom. The number of rotatable bonds is 8. The Morgan fingerprint density at radius 2 is 1.90 bits per heavy atom. The number of hydrogen-bond acceptors (Lipinski definition) is 5. The van der Waals surface area contributed by atoms with Crippen molar-refractivity contribution in [3.8, 4) is 0 Å². The first-order valence-electron chi connectivity index (χ1n) is 12.0. The molecule has 0 aromatic rings. The van der Waals surface area contributed by atoms with E-state index >= 15 is 0 Å². The number of piperidine rings is 2. The third-order valence-corrected chi connectivity index (χ3v) is 5.99. The summed E-state index contributed by atoms with van der Waals surface area (Å²) in [7, 11) is 3.60. The average molecular weight is 440 g/mol. The summed E-state index contributed by atoms with van der Waals surface area (Å²) < 4.78 is 10.7. The highest BCUT2D eigenvalue weighted by Crippen LogP contribution is 2.21. The first-order chi connectivity index (χ1) is 14.8. The molecule has 8 nitrogen and oxygen atoms in total. The van der Waals surface area contributed by atoms with Gasteiger partial charge in [0, 0.05) is 66.1 Å². The number of methoxy groups -OCH3 is 1. The fourth-order valence-corrected chi connectivity index (χ4v) is 4.31. The second-order valence-corrected chi connectivity index (χ2v) is 9.83. The fourth-order valence-electron chi connectivity index (χ4n) is 4.31. The van der Waals surface area contributed by atoms with Gasteiger partial charge < -0.3 is 29.9 Å². The van der Waals surface area contributed by atoms with Crippen LogP contribution in [0, 0.1) is 5.92 Å². The van der Waals surface area contributed by atoms with Gasteiger partial charge in [-0.25, -0.2) is 4.79 Å². The van der Waals surface area contributed by atoms with Crippen LogP contribution in [0.4, 0.5) is 4.79 Å². The van der Waals surface area contributed by atoms with E-state index in [0.717, 1.165) is 90.4 Å². The van der Waals surface area contributed by atoms with Gasteiger partial charge in [-0.2, -0.15) is 0 Å². The molecule has 31 heavy (non-hydrogen) atoms. The Bertz CT molecular complexity index is 556. The highest BCUT2D eigenvalue weighted by atomic mass is 16.6. The maximum Gasteiger partial charge on any atom is 0.410 e. The van der Waals surface area contributed by atoms with E-state index in [-0.39, 0.29) is 6.09 Å². The van der Waals surface area contributed by atoms with Crippen molar-refractivity contribution in [2.24, 2.45) is 10.9 Å². The molecule has 2 saturated heterocycles. The largest absolute Gasteiger partial charge is 0.444 e. The maximum absolute atomic E-state index is 12.4. The Balaban J connectivity index is 1.65. The van der Waals surface area contributed by atoms with Gasteiger partial charge >= 0.3 is 6.09 Å². The number of carbonyl (C=O) groups excluding carboxylic acids is 1. The number of amides is 1. The van der Waals surface area contributed by atoms with E-state index in [0.29, 0.717) is 12.0 Å². The molecule has 0 aromatic heterocycles. The number of nitrogens with one attached hydrogen (secondary N) is 2. The Labute approximate surface area is 189 Å². The van der Waals surface area contributed by atoms with Crippen LogP contribution in [0.3, 0.4) is 0 Å². The Kier molecular flexibility index (Phi) is 10.9. The summed E-state index contributed by atoms with van der Waals surface area (Å²) >= 11 is 0. The monoisotopic (exact) mass is 439 g/mol.